The van der Waals surface area contributed by atoms with Crippen LogP contribution in [0, 0.1) is 25.2 Å². The smallest absolute Gasteiger partial charge is 0.342 e. The number of carbonyl (C=O) groups excluding carboxylic acids is 2. The summed E-state index contributed by atoms with van der Waals surface area (Å²) in [6.45, 7) is 3.34. The van der Waals surface area contributed by atoms with Crippen LogP contribution in [-0.4, -0.2) is 29.2 Å². The normalized spacial score (nSPS) is 15.1. The number of benzene rings is 1. The number of aromatic nitrogens is 1. The number of amides is 1. The summed E-state index contributed by atoms with van der Waals surface area (Å²) in [6, 6.07) is 8.86. The van der Waals surface area contributed by atoms with Gasteiger partial charge in [0.25, 0.3) is 5.91 Å². The van der Waals surface area contributed by atoms with Crippen LogP contribution in [0.1, 0.15) is 59.5 Å². The zero-order chi connectivity index (χ0) is 21.6. The second-order valence-corrected chi connectivity index (χ2v) is 7.47. The molecule has 0 bridgehead atoms. The quantitative estimate of drug-likeness (QED) is 0.695. The van der Waals surface area contributed by atoms with E-state index in [-0.39, 0.29) is 12.2 Å². The fraction of sp³-hybridized carbons (Fsp3) is 0.455. The predicted molar refractivity (Wildman–Crippen MR) is 107 cm³/mol. The van der Waals surface area contributed by atoms with Gasteiger partial charge in [-0.2, -0.15) is 5.26 Å². The largest absolute Gasteiger partial charge is 0.488 e. The first kappa shape index (κ1) is 21.4. The van der Waals surface area contributed by atoms with Crippen LogP contribution >= 0.6 is 0 Å². The van der Waals surface area contributed by atoms with Crippen LogP contribution in [0.4, 0.5) is 0 Å². The molecule has 1 amide bonds. The third-order valence-corrected chi connectivity index (χ3v) is 5.29. The average Bonchev–Trinajstić information content (AvgIpc) is 3.08. The Hall–Kier alpha value is -3.34. The lowest BCUT2D eigenvalue weighted by atomic mass is 9.83. The average molecular weight is 411 g/mol. The summed E-state index contributed by atoms with van der Waals surface area (Å²) >= 11 is 0. The summed E-state index contributed by atoms with van der Waals surface area (Å²) in [5, 5.41) is 16.1. The van der Waals surface area contributed by atoms with E-state index in [0.717, 1.165) is 30.5 Å². The van der Waals surface area contributed by atoms with Crippen LogP contribution in [0.3, 0.4) is 0 Å². The molecule has 0 radical (unpaired) electrons. The highest BCUT2D eigenvalue weighted by Crippen LogP contribution is 2.27. The molecule has 0 aliphatic heterocycles. The van der Waals surface area contributed by atoms with Crippen molar-refractivity contribution < 1.29 is 23.6 Å². The lowest BCUT2D eigenvalue weighted by Crippen LogP contribution is -2.50. The number of hydrogen-bond acceptors (Lipinski definition) is 7. The van der Waals surface area contributed by atoms with Crippen LogP contribution in [0.15, 0.2) is 28.8 Å². The standard InChI is InChI=1S/C22H25N3O5/c1-15-18(16(2)30-25-15)12-28-19-9-5-4-8-17(19)21(27)29-13-20(26)24-22(14-23)10-6-3-7-11-22/h4-5,8-9H,3,6-7,10-13H2,1-2H3,(H,24,26). The van der Waals surface area contributed by atoms with Gasteiger partial charge in [-0.25, -0.2) is 4.79 Å². The molecule has 1 aliphatic rings. The Morgan fingerprint density at radius 2 is 1.97 bits per heavy atom. The van der Waals surface area contributed by atoms with Gasteiger partial charge in [-0.1, -0.05) is 36.6 Å². The van der Waals surface area contributed by atoms with Gasteiger partial charge in [-0.3, -0.25) is 4.79 Å². The van der Waals surface area contributed by atoms with E-state index in [9.17, 15) is 14.9 Å². The van der Waals surface area contributed by atoms with Crippen LogP contribution in [0.5, 0.6) is 5.75 Å². The van der Waals surface area contributed by atoms with E-state index in [1.54, 1.807) is 31.2 Å². The molecule has 8 heteroatoms. The molecule has 158 valence electrons. The summed E-state index contributed by atoms with van der Waals surface area (Å²) in [4.78, 5) is 24.8. The number of esters is 1. The van der Waals surface area contributed by atoms with Crippen molar-refractivity contribution in [2.45, 2.75) is 58.1 Å². The molecule has 0 unspecified atom stereocenters. The molecule has 8 nitrogen and oxygen atoms in total. The number of aryl methyl sites for hydroxylation is 2. The van der Waals surface area contributed by atoms with Crippen LogP contribution in [0.25, 0.3) is 0 Å². The van der Waals surface area contributed by atoms with E-state index in [2.05, 4.69) is 16.5 Å². The van der Waals surface area contributed by atoms with Crippen molar-refractivity contribution >= 4 is 11.9 Å². The fourth-order valence-electron chi connectivity index (χ4n) is 3.55. The van der Waals surface area contributed by atoms with Gasteiger partial charge in [-0.05, 0) is 38.8 Å². The van der Waals surface area contributed by atoms with Crippen molar-refractivity contribution in [1.82, 2.24) is 10.5 Å². The van der Waals surface area contributed by atoms with Gasteiger partial charge in [0.2, 0.25) is 0 Å². The molecule has 1 aromatic heterocycles. The van der Waals surface area contributed by atoms with Crippen molar-refractivity contribution in [3.8, 4) is 11.8 Å². The minimum atomic E-state index is -0.864. The maximum absolute atomic E-state index is 12.5. The summed E-state index contributed by atoms with van der Waals surface area (Å²) < 4.78 is 16.1. The molecule has 0 atom stereocenters. The lowest BCUT2D eigenvalue weighted by Gasteiger charge is -2.31. The molecule has 1 N–H and O–H groups in total. The van der Waals surface area contributed by atoms with E-state index in [1.807, 2.05) is 6.92 Å². The minimum absolute atomic E-state index is 0.191. The highest BCUT2D eigenvalue weighted by atomic mass is 16.5. The van der Waals surface area contributed by atoms with Gasteiger partial charge in [0.15, 0.2) is 6.61 Å². The Labute approximate surface area is 175 Å². The number of nitrogens with one attached hydrogen (secondary N) is 1. The molecule has 30 heavy (non-hydrogen) atoms. The van der Waals surface area contributed by atoms with E-state index in [4.69, 9.17) is 14.0 Å². The van der Waals surface area contributed by atoms with E-state index in [0.29, 0.717) is 24.4 Å². The number of ether oxygens (including phenoxy) is 2. The van der Waals surface area contributed by atoms with Gasteiger partial charge in [-0.15, -0.1) is 0 Å². The second kappa shape index (κ2) is 9.44. The topological polar surface area (TPSA) is 114 Å². The molecule has 1 fully saturated rings. The summed E-state index contributed by atoms with van der Waals surface area (Å²) in [6.07, 6.45) is 4.06. The first-order valence-corrected chi connectivity index (χ1v) is 9.97. The van der Waals surface area contributed by atoms with Crippen molar-refractivity contribution in [2.24, 2.45) is 0 Å². The molecule has 1 aromatic carbocycles. The number of nitrogens with zero attached hydrogens (tertiary/aromatic N) is 2. The van der Waals surface area contributed by atoms with Crippen LogP contribution < -0.4 is 10.1 Å². The van der Waals surface area contributed by atoms with Crippen LogP contribution in [-0.2, 0) is 16.1 Å². The zero-order valence-corrected chi connectivity index (χ0v) is 17.2. The van der Waals surface area contributed by atoms with Gasteiger partial charge in [0.05, 0.1) is 17.3 Å². The third-order valence-electron chi connectivity index (χ3n) is 5.29. The predicted octanol–water partition coefficient (Wildman–Crippen LogP) is 3.37. The number of rotatable bonds is 7. The van der Waals surface area contributed by atoms with Crippen molar-refractivity contribution in [2.75, 3.05) is 6.61 Å². The number of nitriles is 1. The molecule has 0 spiro atoms. The maximum atomic E-state index is 12.5. The second-order valence-electron chi connectivity index (χ2n) is 7.47. The number of carbonyl (C=O) groups is 2. The van der Waals surface area contributed by atoms with Crippen molar-refractivity contribution in [1.29, 1.82) is 5.26 Å². The SMILES string of the molecule is Cc1noc(C)c1COc1ccccc1C(=O)OCC(=O)NC1(C#N)CCCCC1. The zero-order valence-electron chi connectivity index (χ0n) is 17.2. The van der Waals surface area contributed by atoms with E-state index >= 15 is 0 Å². The first-order valence-electron chi connectivity index (χ1n) is 9.97. The lowest BCUT2D eigenvalue weighted by molar-refractivity contribution is -0.125. The molecule has 1 saturated carbocycles. The highest BCUT2D eigenvalue weighted by Gasteiger charge is 2.33. The first-order chi connectivity index (χ1) is 14.4. The van der Waals surface area contributed by atoms with Gasteiger partial charge in [0.1, 0.15) is 29.2 Å². The number of hydrogen-bond donors (Lipinski definition) is 1. The molecule has 1 aliphatic carbocycles. The van der Waals surface area contributed by atoms with Crippen LogP contribution in [0.2, 0.25) is 0 Å². The van der Waals surface area contributed by atoms with Gasteiger partial charge in [0, 0.05) is 0 Å². The Balaban J connectivity index is 1.59. The third kappa shape index (κ3) is 4.98. The summed E-state index contributed by atoms with van der Waals surface area (Å²) in [7, 11) is 0. The van der Waals surface area contributed by atoms with E-state index in [1.165, 1.54) is 0 Å². The Bertz CT molecular complexity index is 934. The van der Waals surface area contributed by atoms with Crippen molar-refractivity contribution in [3.63, 3.8) is 0 Å². The monoisotopic (exact) mass is 411 g/mol. The summed E-state index contributed by atoms with van der Waals surface area (Å²) in [5.41, 5.74) is 0.881. The molecule has 1 heterocycles. The molecule has 0 saturated heterocycles. The number of para-hydroxylation sites is 1. The molecular formula is C22H25N3O5. The molecule has 2 aromatic rings. The maximum Gasteiger partial charge on any atom is 0.342 e. The Morgan fingerprint density at radius 1 is 1.23 bits per heavy atom. The van der Waals surface area contributed by atoms with Gasteiger partial charge < -0.3 is 19.3 Å². The Kier molecular flexibility index (Phi) is 6.72. The van der Waals surface area contributed by atoms with Gasteiger partial charge >= 0.3 is 5.97 Å². The van der Waals surface area contributed by atoms with E-state index < -0.39 is 24.0 Å². The molecular weight excluding hydrogens is 386 g/mol. The van der Waals surface area contributed by atoms with Crippen molar-refractivity contribution in [3.05, 3.63) is 46.8 Å². The summed E-state index contributed by atoms with van der Waals surface area (Å²) in [5.74, 6) is -0.169. The fourth-order valence-corrected chi connectivity index (χ4v) is 3.55. The minimum Gasteiger partial charge on any atom is -0.488 e. The highest BCUT2D eigenvalue weighted by molar-refractivity contribution is 5.94. The Morgan fingerprint density at radius 3 is 2.63 bits per heavy atom. The molecule has 3 rings (SSSR count).